The molecule has 1 saturated heterocycles. The minimum Gasteiger partial charge on any atom is -0.478 e. The van der Waals surface area contributed by atoms with Crippen LogP contribution in [0.5, 0.6) is 0 Å². The fourth-order valence-corrected chi connectivity index (χ4v) is 8.38. The van der Waals surface area contributed by atoms with Crippen molar-refractivity contribution in [2.24, 2.45) is 5.92 Å². The number of nitrogens with one attached hydrogen (secondary N) is 3. The summed E-state index contributed by atoms with van der Waals surface area (Å²) in [5, 5.41) is 14.6. The van der Waals surface area contributed by atoms with Gasteiger partial charge < -0.3 is 30.1 Å². The van der Waals surface area contributed by atoms with Gasteiger partial charge in [-0.15, -0.1) is 0 Å². The molecule has 17 heteroatoms. The number of benzene rings is 2. The van der Waals surface area contributed by atoms with Crippen molar-refractivity contribution in [3.8, 4) is 0 Å². The summed E-state index contributed by atoms with van der Waals surface area (Å²) in [6.07, 6.45) is 3.99. The number of carbonyl (C=O) groups excluding carboxylic acids is 5. The lowest BCUT2D eigenvalue weighted by molar-refractivity contribution is -0.141. The van der Waals surface area contributed by atoms with E-state index in [1.54, 1.807) is 26.8 Å². The van der Waals surface area contributed by atoms with Gasteiger partial charge in [0.25, 0.3) is 15.9 Å². The van der Waals surface area contributed by atoms with Gasteiger partial charge in [0.05, 0.1) is 17.0 Å². The van der Waals surface area contributed by atoms with Gasteiger partial charge in [0, 0.05) is 25.4 Å². The van der Waals surface area contributed by atoms with Crippen LogP contribution in [-0.4, -0.2) is 95.1 Å². The number of amides is 5. The van der Waals surface area contributed by atoms with E-state index in [9.17, 15) is 42.3 Å². The largest absolute Gasteiger partial charge is 0.478 e. The van der Waals surface area contributed by atoms with Crippen molar-refractivity contribution in [1.29, 1.82) is 0 Å². The molecular weight excluding hydrogens is 747 g/mol. The number of carboxylic acids is 1. The zero-order valence-electron chi connectivity index (χ0n) is 31.5. The first kappa shape index (κ1) is 40.2. The molecule has 16 nitrogen and oxygen atoms in total. The van der Waals surface area contributed by atoms with Crippen LogP contribution in [0.1, 0.15) is 87.2 Å². The Labute approximate surface area is 325 Å². The second-order valence-corrected chi connectivity index (χ2v) is 17.4. The summed E-state index contributed by atoms with van der Waals surface area (Å²) < 4.78 is 40.0. The van der Waals surface area contributed by atoms with Crippen LogP contribution in [0.4, 0.5) is 9.59 Å². The second kappa shape index (κ2) is 16.0. The maximum absolute atomic E-state index is 14.4. The summed E-state index contributed by atoms with van der Waals surface area (Å²) in [6.45, 7) is 5.54. The van der Waals surface area contributed by atoms with Crippen molar-refractivity contribution in [2.75, 3.05) is 6.54 Å². The Morgan fingerprint density at radius 1 is 0.964 bits per heavy atom. The number of allylic oxidation sites excluding steroid dienone is 1. The number of fused-ring (bicyclic) bond motifs is 3. The molecule has 300 valence electrons. The minimum atomic E-state index is -4.50. The van der Waals surface area contributed by atoms with E-state index in [1.807, 2.05) is 35.1 Å². The Morgan fingerprint density at radius 3 is 2.29 bits per heavy atom. The molecule has 2 aromatic carbocycles. The number of aromatic carboxylic acids is 1. The van der Waals surface area contributed by atoms with Crippen LogP contribution in [0, 0.1) is 5.92 Å². The third-order valence-electron chi connectivity index (χ3n) is 10.3. The SMILES string of the molecule is CC(C)(C)OC(=O)N[C@H]1CCCCC/C=C\[C@@H]2C[C@@]2(C(=O)NS(=O)(=O)c2ccc(C(=O)O)cc2)NC(=O)[C@@H]2C[C@@H](OC(=O)N3Cc4ccccc4C3)CN2C1=O. The number of hydrogen-bond donors (Lipinski definition) is 4. The average Bonchev–Trinajstić information content (AvgIpc) is 3.42. The van der Waals surface area contributed by atoms with Gasteiger partial charge in [-0.05, 0) is 81.8 Å². The average molecular weight is 794 g/mol. The summed E-state index contributed by atoms with van der Waals surface area (Å²) in [6, 6.07) is 9.54. The van der Waals surface area contributed by atoms with Crippen LogP contribution in [-0.2, 0) is 47.0 Å². The molecule has 1 aliphatic carbocycles. The third kappa shape index (κ3) is 9.15. The summed E-state index contributed by atoms with van der Waals surface area (Å²) >= 11 is 0. The van der Waals surface area contributed by atoms with Crippen molar-refractivity contribution >= 4 is 45.9 Å². The molecule has 2 aromatic rings. The highest BCUT2D eigenvalue weighted by molar-refractivity contribution is 7.90. The molecule has 3 heterocycles. The Bertz CT molecular complexity index is 2000. The number of hydrogen-bond acceptors (Lipinski definition) is 10. The van der Waals surface area contributed by atoms with E-state index in [0.717, 1.165) is 35.4 Å². The highest BCUT2D eigenvalue weighted by Crippen LogP contribution is 2.46. The fraction of sp³-hybridized carbons (Fsp3) is 0.487. The molecular formula is C39H47N5O11S. The summed E-state index contributed by atoms with van der Waals surface area (Å²) in [5.41, 5.74) is -0.755. The van der Waals surface area contributed by atoms with Crippen molar-refractivity contribution in [3.63, 3.8) is 0 Å². The van der Waals surface area contributed by atoms with Crippen molar-refractivity contribution in [1.82, 2.24) is 25.2 Å². The molecule has 4 N–H and O–H groups in total. The molecule has 6 rings (SSSR count). The Balaban J connectivity index is 1.26. The van der Waals surface area contributed by atoms with Crippen LogP contribution in [0.3, 0.4) is 0 Å². The predicted octanol–water partition coefficient (Wildman–Crippen LogP) is 3.60. The van der Waals surface area contributed by atoms with Gasteiger partial charge in [-0.25, -0.2) is 27.5 Å². The van der Waals surface area contributed by atoms with Crippen LogP contribution in [0.15, 0.2) is 65.6 Å². The lowest BCUT2D eigenvalue weighted by atomic mass is 10.0. The quantitative estimate of drug-likeness (QED) is 0.310. The van der Waals surface area contributed by atoms with E-state index in [4.69, 9.17) is 9.47 Å². The molecule has 5 atom stereocenters. The van der Waals surface area contributed by atoms with Crippen molar-refractivity contribution in [3.05, 3.63) is 77.4 Å². The molecule has 0 radical (unpaired) electrons. The van der Waals surface area contributed by atoms with Gasteiger partial charge in [0.15, 0.2) is 0 Å². The predicted molar refractivity (Wildman–Crippen MR) is 199 cm³/mol. The summed E-state index contributed by atoms with van der Waals surface area (Å²) in [4.78, 5) is 82.7. The van der Waals surface area contributed by atoms with Crippen LogP contribution in [0.2, 0.25) is 0 Å². The molecule has 4 aliphatic rings. The first-order valence-corrected chi connectivity index (χ1v) is 20.2. The van der Waals surface area contributed by atoms with E-state index in [-0.39, 0.29) is 36.3 Å². The van der Waals surface area contributed by atoms with E-state index in [1.165, 1.54) is 9.80 Å². The van der Waals surface area contributed by atoms with Gasteiger partial charge in [0.1, 0.15) is 29.3 Å². The monoisotopic (exact) mass is 793 g/mol. The van der Waals surface area contributed by atoms with E-state index >= 15 is 0 Å². The minimum absolute atomic E-state index is 0.0615. The van der Waals surface area contributed by atoms with Gasteiger partial charge in [0.2, 0.25) is 11.8 Å². The normalized spacial score (nSPS) is 25.9. The first-order chi connectivity index (χ1) is 26.5. The lowest BCUT2D eigenvalue weighted by Crippen LogP contribution is -2.58. The zero-order chi connectivity index (χ0) is 40.4. The van der Waals surface area contributed by atoms with E-state index < -0.39 is 81.1 Å². The summed E-state index contributed by atoms with van der Waals surface area (Å²) in [5.74, 6) is -4.23. The maximum atomic E-state index is 14.4. The molecule has 0 spiro atoms. The number of alkyl carbamates (subject to hydrolysis) is 1. The molecule has 2 fully saturated rings. The zero-order valence-corrected chi connectivity index (χ0v) is 32.3. The topological polar surface area (TPSA) is 218 Å². The lowest BCUT2D eigenvalue weighted by Gasteiger charge is -2.30. The number of nitrogens with zero attached hydrogens (tertiary/aromatic N) is 2. The Morgan fingerprint density at radius 2 is 1.64 bits per heavy atom. The molecule has 0 unspecified atom stereocenters. The number of ether oxygens (including phenoxy) is 2. The number of sulfonamides is 1. The van der Waals surface area contributed by atoms with Gasteiger partial charge in [-0.2, -0.15) is 0 Å². The third-order valence-corrected chi connectivity index (χ3v) is 11.7. The standard InChI is InChI=1S/C39H47N5O11S/c1-38(2,3)55-36(50)40-30-14-8-6-4-5-7-13-27-20-39(27,35(49)42-56(52,53)29-17-15-24(16-18-29)34(47)48)41-32(45)31-19-28(23-44(31)33(30)46)54-37(51)43-21-25-11-9-10-12-26(25)22-43/h7,9-13,15-18,27-28,30-31H,4-6,8,14,19-23H2,1-3H3,(H,40,50)(H,41,45)(H,42,49)(H,47,48)/b13-7-/t27-,28-,30+,31+,39-/m1/s1. The van der Waals surface area contributed by atoms with Crippen LogP contribution in [0.25, 0.3) is 0 Å². The Kier molecular flexibility index (Phi) is 11.5. The molecule has 3 aliphatic heterocycles. The molecule has 5 amide bonds. The number of rotatable bonds is 6. The number of carbonyl (C=O) groups is 6. The number of carboxylic acid groups (broad SMARTS) is 1. The van der Waals surface area contributed by atoms with Crippen molar-refractivity contribution in [2.45, 2.75) is 113 Å². The van der Waals surface area contributed by atoms with Crippen LogP contribution < -0.4 is 15.4 Å². The van der Waals surface area contributed by atoms with Crippen molar-refractivity contribution < 1.29 is 51.8 Å². The molecule has 56 heavy (non-hydrogen) atoms. The first-order valence-electron chi connectivity index (χ1n) is 18.7. The van der Waals surface area contributed by atoms with Gasteiger partial charge in [-0.3, -0.25) is 19.3 Å². The smallest absolute Gasteiger partial charge is 0.410 e. The van der Waals surface area contributed by atoms with Gasteiger partial charge >= 0.3 is 18.2 Å². The molecule has 0 aromatic heterocycles. The van der Waals surface area contributed by atoms with E-state index in [2.05, 4.69) is 10.6 Å². The fourth-order valence-electron chi connectivity index (χ4n) is 7.34. The summed E-state index contributed by atoms with van der Waals surface area (Å²) in [7, 11) is -4.50. The van der Waals surface area contributed by atoms with E-state index in [0.29, 0.717) is 38.8 Å². The highest BCUT2D eigenvalue weighted by atomic mass is 32.2. The molecule has 0 bridgehead atoms. The van der Waals surface area contributed by atoms with Crippen LogP contribution >= 0.6 is 0 Å². The highest BCUT2D eigenvalue weighted by Gasteiger charge is 2.61. The second-order valence-electron chi connectivity index (χ2n) is 15.7. The van der Waals surface area contributed by atoms with Gasteiger partial charge in [-0.1, -0.05) is 49.3 Å². The Hall–Kier alpha value is -5.45. The molecule has 1 saturated carbocycles. The maximum Gasteiger partial charge on any atom is 0.410 e.